The smallest absolute Gasteiger partial charge is 0.337 e. The van der Waals surface area contributed by atoms with Gasteiger partial charge in [0, 0.05) is 11.8 Å². The van der Waals surface area contributed by atoms with Crippen LogP contribution in [-0.4, -0.2) is 13.1 Å². The molecular weight excluding hydrogens is 276 g/mol. The minimum atomic E-state index is -0.599. The van der Waals surface area contributed by atoms with Gasteiger partial charge in [-0.15, -0.1) is 0 Å². The molecule has 3 nitrogen and oxygen atoms in total. The standard InChI is InChI=1S/C16H13F2NO2/c1-21-16(20)10-3-2-9-6-15(19-14(9)7-10)11-4-12(17)8-13(18)5-11/h2-5,7-8,15,19H,6H2,1H3. The van der Waals surface area contributed by atoms with Crippen LogP contribution < -0.4 is 5.32 Å². The van der Waals surface area contributed by atoms with E-state index in [9.17, 15) is 13.6 Å². The van der Waals surface area contributed by atoms with Gasteiger partial charge in [0.2, 0.25) is 0 Å². The van der Waals surface area contributed by atoms with Crippen LogP contribution in [0.25, 0.3) is 0 Å². The lowest BCUT2D eigenvalue weighted by atomic mass is 10.0. The molecule has 0 bridgehead atoms. The maximum atomic E-state index is 13.3. The predicted octanol–water partition coefficient (Wildman–Crippen LogP) is 3.46. The van der Waals surface area contributed by atoms with E-state index in [1.54, 1.807) is 12.1 Å². The summed E-state index contributed by atoms with van der Waals surface area (Å²) in [7, 11) is 1.32. The Labute approximate surface area is 120 Å². The third kappa shape index (κ3) is 2.59. The van der Waals surface area contributed by atoms with E-state index in [1.807, 2.05) is 6.07 Å². The summed E-state index contributed by atoms with van der Waals surface area (Å²) in [6.45, 7) is 0. The van der Waals surface area contributed by atoms with E-state index in [-0.39, 0.29) is 6.04 Å². The number of fused-ring (bicyclic) bond motifs is 1. The molecule has 1 heterocycles. The Morgan fingerprint density at radius 1 is 1.19 bits per heavy atom. The highest BCUT2D eigenvalue weighted by Crippen LogP contribution is 2.35. The summed E-state index contributed by atoms with van der Waals surface area (Å²) in [6, 6.07) is 8.46. The maximum absolute atomic E-state index is 13.3. The summed E-state index contributed by atoms with van der Waals surface area (Å²) >= 11 is 0. The highest BCUT2D eigenvalue weighted by atomic mass is 19.1. The number of methoxy groups -OCH3 is 1. The van der Waals surface area contributed by atoms with Crippen LogP contribution in [0.15, 0.2) is 36.4 Å². The second-order valence-electron chi connectivity index (χ2n) is 4.97. The van der Waals surface area contributed by atoms with E-state index in [0.717, 1.165) is 17.3 Å². The van der Waals surface area contributed by atoms with Crippen LogP contribution in [0.5, 0.6) is 0 Å². The molecule has 0 radical (unpaired) electrons. The molecule has 0 spiro atoms. The highest BCUT2D eigenvalue weighted by molar-refractivity contribution is 5.91. The Morgan fingerprint density at radius 3 is 2.57 bits per heavy atom. The summed E-state index contributed by atoms with van der Waals surface area (Å²) in [5.74, 6) is -1.61. The fraction of sp³-hybridized carbons (Fsp3) is 0.188. The summed E-state index contributed by atoms with van der Waals surface area (Å²) in [4.78, 5) is 11.5. The van der Waals surface area contributed by atoms with Gasteiger partial charge < -0.3 is 10.1 Å². The van der Waals surface area contributed by atoms with Crippen molar-refractivity contribution < 1.29 is 18.3 Å². The van der Waals surface area contributed by atoms with Gasteiger partial charge in [-0.05, 0) is 41.8 Å². The number of carbonyl (C=O) groups excluding carboxylic acids is 1. The molecule has 1 unspecified atom stereocenters. The van der Waals surface area contributed by atoms with Gasteiger partial charge in [-0.3, -0.25) is 0 Å². The number of nitrogens with one attached hydrogen (secondary N) is 1. The molecule has 0 saturated carbocycles. The monoisotopic (exact) mass is 289 g/mol. The van der Waals surface area contributed by atoms with Crippen LogP contribution in [0.1, 0.15) is 27.5 Å². The van der Waals surface area contributed by atoms with Gasteiger partial charge in [0.05, 0.1) is 18.7 Å². The Morgan fingerprint density at radius 2 is 1.90 bits per heavy atom. The number of hydrogen-bond donors (Lipinski definition) is 1. The van der Waals surface area contributed by atoms with Gasteiger partial charge in [0.15, 0.2) is 0 Å². The van der Waals surface area contributed by atoms with Crippen molar-refractivity contribution in [1.82, 2.24) is 0 Å². The van der Waals surface area contributed by atoms with Crippen LogP contribution in [0, 0.1) is 11.6 Å². The van der Waals surface area contributed by atoms with Crippen molar-refractivity contribution >= 4 is 11.7 Å². The molecule has 2 aromatic carbocycles. The van der Waals surface area contributed by atoms with E-state index >= 15 is 0 Å². The number of benzene rings is 2. The fourth-order valence-corrected chi connectivity index (χ4v) is 2.57. The van der Waals surface area contributed by atoms with Gasteiger partial charge in [0.25, 0.3) is 0 Å². The van der Waals surface area contributed by atoms with E-state index in [0.29, 0.717) is 17.5 Å². The normalized spacial score (nSPS) is 16.2. The molecule has 0 aliphatic carbocycles. The van der Waals surface area contributed by atoms with Crippen LogP contribution in [0.3, 0.4) is 0 Å². The molecule has 108 valence electrons. The van der Waals surface area contributed by atoms with E-state index < -0.39 is 17.6 Å². The zero-order valence-electron chi connectivity index (χ0n) is 11.3. The molecule has 0 fully saturated rings. The number of rotatable bonds is 2. The fourth-order valence-electron chi connectivity index (χ4n) is 2.57. The molecule has 0 saturated heterocycles. The number of esters is 1. The molecule has 1 aliphatic heterocycles. The first kappa shape index (κ1) is 13.5. The van der Waals surface area contributed by atoms with Crippen molar-refractivity contribution in [2.24, 2.45) is 0 Å². The summed E-state index contributed by atoms with van der Waals surface area (Å²) < 4.78 is 31.3. The number of hydrogen-bond acceptors (Lipinski definition) is 3. The second-order valence-corrected chi connectivity index (χ2v) is 4.97. The predicted molar refractivity (Wildman–Crippen MR) is 74.2 cm³/mol. The maximum Gasteiger partial charge on any atom is 0.337 e. The Balaban J connectivity index is 1.89. The van der Waals surface area contributed by atoms with E-state index in [4.69, 9.17) is 0 Å². The molecular formula is C16H13F2NO2. The number of carbonyl (C=O) groups is 1. The van der Waals surface area contributed by atoms with Crippen LogP contribution in [0.4, 0.5) is 14.5 Å². The number of halogens is 2. The topological polar surface area (TPSA) is 38.3 Å². The minimum absolute atomic E-state index is 0.210. The minimum Gasteiger partial charge on any atom is -0.465 e. The van der Waals surface area contributed by atoms with E-state index in [2.05, 4.69) is 10.1 Å². The average Bonchev–Trinajstić information content (AvgIpc) is 2.88. The molecule has 1 atom stereocenters. The SMILES string of the molecule is COC(=O)c1ccc2c(c1)NC(c1cc(F)cc(F)c1)C2. The van der Waals surface area contributed by atoms with Crippen LogP contribution >= 0.6 is 0 Å². The van der Waals surface area contributed by atoms with Crippen LogP contribution in [0.2, 0.25) is 0 Å². The lowest BCUT2D eigenvalue weighted by Crippen LogP contribution is -2.07. The summed E-state index contributed by atoms with van der Waals surface area (Å²) in [5.41, 5.74) is 2.77. The Kier molecular flexibility index (Phi) is 3.33. The van der Waals surface area contributed by atoms with Crippen molar-refractivity contribution in [2.75, 3.05) is 12.4 Å². The molecule has 5 heteroatoms. The van der Waals surface area contributed by atoms with Gasteiger partial charge in [-0.25, -0.2) is 13.6 Å². The second kappa shape index (κ2) is 5.16. The summed E-state index contributed by atoms with van der Waals surface area (Å²) in [5, 5.41) is 3.18. The largest absolute Gasteiger partial charge is 0.465 e. The lowest BCUT2D eigenvalue weighted by molar-refractivity contribution is 0.0601. The van der Waals surface area contributed by atoms with Gasteiger partial charge in [-0.2, -0.15) is 0 Å². The molecule has 2 aromatic rings. The molecule has 1 N–H and O–H groups in total. The first-order valence-corrected chi connectivity index (χ1v) is 6.50. The molecule has 3 rings (SSSR count). The average molecular weight is 289 g/mol. The Bertz CT molecular complexity index is 695. The first-order chi connectivity index (χ1) is 10.1. The van der Waals surface area contributed by atoms with Crippen molar-refractivity contribution in [3.63, 3.8) is 0 Å². The Hall–Kier alpha value is -2.43. The highest BCUT2D eigenvalue weighted by Gasteiger charge is 2.24. The quantitative estimate of drug-likeness (QED) is 0.860. The lowest BCUT2D eigenvalue weighted by Gasteiger charge is -2.12. The molecule has 21 heavy (non-hydrogen) atoms. The van der Waals surface area contributed by atoms with Crippen molar-refractivity contribution in [2.45, 2.75) is 12.5 Å². The summed E-state index contributed by atoms with van der Waals surface area (Å²) in [6.07, 6.45) is 0.611. The number of anilines is 1. The van der Waals surface area contributed by atoms with Crippen molar-refractivity contribution in [1.29, 1.82) is 0 Å². The number of ether oxygens (including phenoxy) is 1. The zero-order valence-corrected chi connectivity index (χ0v) is 11.3. The molecule has 1 aliphatic rings. The zero-order chi connectivity index (χ0) is 15.0. The molecule has 0 amide bonds. The van der Waals surface area contributed by atoms with Crippen LogP contribution in [-0.2, 0) is 11.2 Å². The van der Waals surface area contributed by atoms with Crippen molar-refractivity contribution in [3.05, 3.63) is 64.7 Å². The first-order valence-electron chi connectivity index (χ1n) is 6.50. The van der Waals surface area contributed by atoms with Crippen molar-refractivity contribution in [3.8, 4) is 0 Å². The van der Waals surface area contributed by atoms with Gasteiger partial charge in [-0.1, -0.05) is 6.07 Å². The van der Waals surface area contributed by atoms with Gasteiger partial charge in [0.1, 0.15) is 11.6 Å². The third-order valence-corrected chi connectivity index (χ3v) is 3.57. The third-order valence-electron chi connectivity index (χ3n) is 3.57. The van der Waals surface area contributed by atoms with E-state index in [1.165, 1.54) is 19.2 Å². The molecule has 0 aromatic heterocycles. The van der Waals surface area contributed by atoms with Gasteiger partial charge >= 0.3 is 5.97 Å².